The Morgan fingerprint density at radius 1 is 1.44 bits per heavy atom. The van der Waals surface area contributed by atoms with E-state index < -0.39 is 0 Å². The number of carbonyl (C=O) groups is 1. The maximum absolute atomic E-state index is 12.2. The minimum Gasteiger partial charge on any atom is -0.349 e. The van der Waals surface area contributed by atoms with E-state index in [-0.39, 0.29) is 11.3 Å². The van der Waals surface area contributed by atoms with Crippen LogP contribution < -0.4 is 5.32 Å². The molecule has 1 aromatic rings. The lowest BCUT2D eigenvalue weighted by Crippen LogP contribution is -2.41. The number of halogens is 1. The van der Waals surface area contributed by atoms with Crippen LogP contribution in [0.2, 0.25) is 0 Å². The van der Waals surface area contributed by atoms with Crippen LogP contribution in [0.4, 0.5) is 0 Å². The van der Waals surface area contributed by atoms with E-state index in [1.54, 1.807) is 0 Å². The Hall–Kier alpha value is -0.830. The molecule has 0 aromatic heterocycles. The Labute approximate surface area is 117 Å². The normalized spacial score (nSPS) is 21.9. The van der Waals surface area contributed by atoms with E-state index in [9.17, 15) is 4.79 Å². The van der Waals surface area contributed by atoms with Crippen LogP contribution in [0, 0.1) is 12.3 Å². The fourth-order valence-corrected chi connectivity index (χ4v) is 2.87. The Morgan fingerprint density at radius 2 is 2.17 bits per heavy atom. The average molecular weight is 310 g/mol. The summed E-state index contributed by atoms with van der Waals surface area (Å²) in [6.45, 7) is 6.47. The molecule has 0 saturated heterocycles. The summed E-state index contributed by atoms with van der Waals surface area (Å²) in [5.74, 6) is 0.0468. The molecule has 1 N–H and O–H groups in total. The highest BCUT2D eigenvalue weighted by Gasteiger charge is 2.35. The van der Waals surface area contributed by atoms with Gasteiger partial charge in [0.1, 0.15) is 0 Å². The summed E-state index contributed by atoms with van der Waals surface area (Å²) in [7, 11) is 0. The summed E-state index contributed by atoms with van der Waals surface area (Å²) in [4.78, 5) is 12.2. The lowest BCUT2D eigenvalue weighted by atomic mass is 9.87. The summed E-state index contributed by atoms with van der Waals surface area (Å²) in [5, 5.41) is 3.18. The van der Waals surface area contributed by atoms with Crippen LogP contribution in [0.5, 0.6) is 0 Å². The summed E-state index contributed by atoms with van der Waals surface area (Å²) in [6, 6.07) is 6.04. The highest BCUT2D eigenvalue weighted by molar-refractivity contribution is 9.10. The van der Waals surface area contributed by atoms with Crippen molar-refractivity contribution in [3.8, 4) is 0 Å². The van der Waals surface area contributed by atoms with Gasteiger partial charge < -0.3 is 5.32 Å². The zero-order valence-corrected chi connectivity index (χ0v) is 12.8. The molecule has 1 aromatic carbocycles. The quantitative estimate of drug-likeness (QED) is 0.876. The predicted octanol–water partition coefficient (Wildman–Crippen LogP) is 4.07. The van der Waals surface area contributed by atoms with Crippen LogP contribution in [0.15, 0.2) is 22.7 Å². The predicted molar refractivity (Wildman–Crippen MR) is 77.8 cm³/mol. The Morgan fingerprint density at radius 3 is 2.72 bits per heavy atom. The first-order chi connectivity index (χ1) is 8.40. The van der Waals surface area contributed by atoms with Crippen molar-refractivity contribution >= 4 is 21.8 Å². The van der Waals surface area contributed by atoms with Crippen molar-refractivity contribution in [1.29, 1.82) is 0 Å². The first-order valence-corrected chi connectivity index (χ1v) is 7.26. The Kier molecular flexibility index (Phi) is 3.81. The molecule has 18 heavy (non-hydrogen) atoms. The molecule has 1 aliphatic rings. The van der Waals surface area contributed by atoms with Crippen LogP contribution in [0.1, 0.15) is 49.0 Å². The number of amides is 1. The lowest BCUT2D eigenvalue weighted by molar-refractivity contribution is 0.0910. The standard InChI is InChI=1S/C15H20BrNO/c1-10-9-11(6-7-12(10)16)14(18)17-13-5-4-8-15(13,2)3/h6-7,9,13H,4-5,8H2,1-3H3,(H,17,18). The third-order valence-corrected chi connectivity index (χ3v) is 4.87. The molecule has 1 fully saturated rings. The Bertz CT molecular complexity index is 468. The molecule has 0 spiro atoms. The molecule has 1 atom stereocenters. The van der Waals surface area contributed by atoms with Gasteiger partial charge in [-0.25, -0.2) is 0 Å². The molecule has 0 radical (unpaired) electrons. The van der Waals surface area contributed by atoms with Gasteiger partial charge in [-0.2, -0.15) is 0 Å². The van der Waals surface area contributed by atoms with Crippen molar-refractivity contribution in [2.24, 2.45) is 5.41 Å². The van der Waals surface area contributed by atoms with Gasteiger partial charge in [-0.05, 0) is 48.9 Å². The number of hydrogen-bond donors (Lipinski definition) is 1. The Balaban J connectivity index is 2.10. The summed E-state index contributed by atoms with van der Waals surface area (Å²) < 4.78 is 1.04. The molecule has 2 nitrogen and oxygen atoms in total. The van der Waals surface area contributed by atoms with Crippen molar-refractivity contribution in [2.45, 2.75) is 46.1 Å². The largest absolute Gasteiger partial charge is 0.349 e. The second kappa shape index (κ2) is 5.04. The topological polar surface area (TPSA) is 29.1 Å². The monoisotopic (exact) mass is 309 g/mol. The smallest absolute Gasteiger partial charge is 0.251 e. The maximum atomic E-state index is 12.2. The second-order valence-electron chi connectivity index (χ2n) is 5.87. The molecular formula is C15H20BrNO. The number of aryl methyl sites for hydroxylation is 1. The average Bonchev–Trinajstić information content (AvgIpc) is 2.62. The molecule has 0 heterocycles. The van der Waals surface area contributed by atoms with E-state index in [0.29, 0.717) is 6.04 Å². The zero-order chi connectivity index (χ0) is 13.3. The number of carbonyl (C=O) groups excluding carboxylic acids is 1. The van der Waals surface area contributed by atoms with Crippen molar-refractivity contribution in [3.05, 3.63) is 33.8 Å². The number of hydrogen-bond acceptors (Lipinski definition) is 1. The van der Waals surface area contributed by atoms with Crippen molar-refractivity contribution in [3.63, 3.8) is 0 Å². The van der Waals surface area contributed by atoms with Crippen LogP contribution >= 0.6 is 15.9 Å². The molecular weight excluding hydrogens is 290 g/mol. The van der Waals surface area contributed by atoms with Crippen LogP contribution in [0.25, 0.3) is 0 Å². The van der Waals surface area contributed by atoms with Crippen molar-refractivity contribution < 1.29 is 4.79 Å². The van der Waals surface area contributed by atoms with Gasteiger partial charge in [-0.15, -0.1) is 0 Å². The van der Waals surface area contributed by atoms with E-state index in [4.69, 9.17) is 0 Å². The molecule has 1 saturated carbocycles. The first-order valence-electron chi connectivity index (χ1n) is 6.47. The van der Waals surface area contributed by atoms with E-state index >= 15 is 0 Å². The van der Waals surface area contributed by atoms with Gasteiger partial charge in [0.15, 0.2) is 0 Å². The van der Waals surface area contributed by atoms with Gasteiger partial charge in [0, 0.05) is 16.1 Å². The fourth-order valence-electron chi connectivity index (χ4n) is 2.62. The van der Waals surface area contributed by atoms with Crippen molar-refractivity contribution in [2.75, 3.05) is 0 Å². The van der Waals surface area contributed by atoms with E-state index in [2.05, 4.69) is 35.1 Å². The highest BCUT2D eigenvalue weighted by Crippen LogP contribution is 2.37. The van der Waals surface area contributed by atoms with Crippen LogP contribution in [-0.2, 0) is 0 Å². The number of rotatable bonds is 2. The SMILES string of the molecule is Cc1cc(C(=O)NC2CCCC2(C)C)ccc1Br. The molecule has 1 amide bonds. The van der Waals surface area contributed by atoms with E-state index in [1.807, 2.05) is 25.1 Å². The molecule has 0 bridgehead atoms. The summed E-state index contributed by atoms with van der Waals surface area (Å²) >= 11 is 3.45. The van der Waals surface area contributed by atoms with Crippen LogP contribution in [0.3, 0.4) is 0 Å². The van der Waals surface area contributed by atoms with Gasteiger partial charge in [-0.3, -0.25) is 4.79 Å². The minimum atomic E-state index is 0.0468. The van der Waals surface area contributed by atoms with Gasteiger partial charge in [0.05, 0.1) is 0 Å². The highest BCUT2D eigenvalue weighted by atomic mass is 79.9. The summed E-state index contributed by atoms with van der Waals surface area (Å²) in [5.41, 5.74) is 2.06. The van der Waals surface area contributed by atoms with E-state index in [1.165, 1.54) is 12.8 Å². The first kappa shape index (κ1) is 13.6. The molecule has 1 aliphatic carbocycles. The zero-order valence-electron chi connectivity index (χ0n) is 11.2. The van der Waals surface area contributed by atoms with Gasteiger partial charge >= 0.3 is 0 Å². The van der Waals surface area contributed by atoms with Gasteiger partial charge in [-0.1, -0.05) is 36.2 Å². The summed E-state index contributed by atoms with van der Waals surface area (Å²) in [6.07, 6.45) is 3.49. The molecule has 1 unspecified atom stereocenters. The second-order valence-corrected chi connectivity index (χ2v) is 6.73. The third-order valence-electron chi connectivity index (χ3n) is 3.98. The molecule has 3 heteroatoms. The fraction of sp³-hybridized carbons (Fsp3) is 0.533. The number of benzene rings is 1. The van der Waals surface area contributed by atoms with Crippen molar-refractivity contribution in [1.82, 2.24) is 5.32 Å². The minimum absolute atomic E-state index is 0.0468. The lowest BCUT2D eigenvalue weighted by Gasteiger charge is -2.27. The molecule has 0 aliphatic heterocycles. The number of nitrogens with one attached hydrogen (secondary N) is 1. The van der Waals surface area contributed by atoms with Gasteiger partial charge in [0.2, 0.25) is 0 Å². The molecule has 2 rings (SSSR count). The third kappa shape index (κ3) is 2.77. The van der Waals surface area contributed by atoms with Crippen LogP contribution in [-0.4, -0.2) is 11.9 Å². The van der Waals surface area contributed by atoms with E-state index in [0.717, 1.165) is 22.0 Å². The van der Waals surface area contributed by atoms with Gasteiger partial charge in [0.25, 0.3) is 5.91 Å². The molecule has 98 valence electrons. The maximum Gasteiger partial charge on any atom is 0.251 e.